The Kier molecular flexibility index (Phi) is 10.2. The van der Waals surface area contributed by atoms with Crippen molar-refractivity contribution < 1.29 is 18.3 Å². The Hall–Kier alpha value is -1.12. The largest absolute Gasteiger partial charge is 0.496 e. The van der Waals surface area contributed by atoms with Crippen molar-refractivity contribution >= 4 is 34.5 Å². The lowest BCUT2D eigenvalue weighted by atomic mass is 10.3. The lowest BCUT2D eigenvalue weighted by Crippen LogP contribution is -2.18. The van der Waals surface area contributed by atoms with Gasteiger partial charge in [-0.15, -0.1) is 0 Å². The van der Waals surface area contributed by atoms with Crippen LogP contribution < -0.4 is 15.3 Å². The molecule has 3 radical (unpaired) electrons. The van der Waals surface area contributed by atoms with Crippen molar-refractivity contribution in [1.82, 2.24) is 0 Å². The highest BCUT2D eigenvalue weighted by atomic mass is 31.2. The normalized spacial score (nSPS) is 12.3. The van der Waals surface area contributed by atoms with Crippen molar-refractivity contribution in [2.75, 3.05) is 32.6 Å². The molecule has 26 heavy (non-hydrogen) atoms. The third-order valence-electron chi connectivity index (χ3n) is 3.69. The van der Waals surface area contributed by atoms with Crippen molar-refractivity contribution in [3.05, 3.63) is 54.6 Å². The maximum absolute atomic E-state index is 12.9. The fourth-order valence-corrected chi connectivity index (χ4v) is 7.54. The fraction of sp³-hybridized carbons (Fsp3) is 0.368. The molecule has 4 nitrogen and oxygen atoms in total. The molecule has 0 saturated carbocycles. The molecule has 0 amide bonds. The minimum Gasteiger partial charge on any atom is -0.496 e. The first-order chi connectivity index (χ1) is 12.1. The Morgan fingerprint density at radius 1 is 0.923 bits per heavy atom. The average Bonchev–Trinajstić information content (AvgIpc) is 2.63. The van der Waals surface area contributed by atoms with Crippen molar-refractivity contribution in [1.29, 1.82) is 0 Å². The summed E-state index contributed by atoms with van der Waals surface area (Å²) in [7, 11) is -2.10. The van der Waals surface area contributed by atoms with Crippen molar-refractivity contribution in [2.24, 2.45) is 0 Å². The third-order valence-corrected chi connectivity index (χ3v) is 8.66. The van der Waals surface area contributed by atoms with E-state index in [1.54, 1.807) is 7.11 Å². The molecule has 0 spiro atoms. The lowest BCUT2D eigenvalue weighted by Gasteiger charge is -2.23. The number of ether oxygens (including phenoxy) is 1. The summed E-state index contributed by atoms with van der Waals surface area (Å²) in [6.07, 6.45) is 1.12. The number of rotatable bonds is 10. The molecule has 139 valence electrons. The molecule has 2 rings (SSSR count). The van der Waals surface area contributed by atoms with Crippen LogP contribution in [0.2, 0.25) is 0 Å². The highest BCUT2D eigenvalue weighted by Gasteiger charge is 2.27. The van der Waals surface area contributed by atoms with E-state index < -0.39 is 15.5 Å². The van der Waals surface area contributed by atoms with Gasteiger partial charge in [0.1, 0.15) is 5.75 Å². The number of benzene rings is 2. The zero-order chi connectivity index (χ0) is 18.1. The van der Waals surface area contributed by atoms with Gasteiger partial charge in [-0.25, -0.2) is 0 Å². The zero-order valence-electron chi connectivity index (χ0n) is 15.6. The zero-order valence-corrected chi connectivity index (χ0v) is 17.4. The summed E-state index contributed by atoms with van der Waals surface area (Å²) in [5.41, 5.74) is 0. The van der Waals surface area contributed by atoms with Gasteiger partial charge in [-0.05, 0) is 39.3 Å². The van der Waals surface area contributed by atoms with Crippen LogP contribution in [0.5, 0.6) is 5.75 Å². The van der Waals surface area contributed by atoms with E-state index in [-0.39, 0.29) is 8.41 Å². The molecule has 0 N–H and O–H groups in total. The maximum Gasteiger partial charge on any atom is 0.331 e. The molecule has 0 fully saturated rings. The van der Waals surface area contributed by atoms with E-state index in [0.717, 1.165) is 17.2 Å². The van der Waals surface area contributed by atoms with Crippen LogP contribution in [0.1, 0.15) is 13.8 Å². The van der Waals surface area contributed by atoms with E-state index in [0.29, 0.717) is 19.4 Å². The number of hydrogen-bond donors (Lipinski definition) is 0. The lowest BCUT2D eigenvalue weighted by molar-refractivity contribution is 0.221. The minimum atomic E-state index is -3.06. The van der Waals surface area contributed by atoms with E-state index in [2.05, 4.69) is 18.2 Å². The Morgan fingerprint density at radius 2 is 1.50 bits per heavy atom. The molecule has 2 aromatic rings. The van der Waals surface area contributed by atoms with Gasteiger partial charge in [0.2, 0.25) is 0 Å². The first-order valence-electron chi connectivity index (χ1n) is 8.47. The van der Waals surface area contributed by atoms with E-state index in [1.807, 2.05) is 50.2 Å². The first-order valence-corrected chi connectivity index (χ1v) is 11.7. The third kappa shape index (κ3) is 6.25. The minimum absolute atomic E-state index is 0. The quantitative estimate of drug-likeness (QED) is 0.454. The second kappa shape index (κ2) is 11.6. The number of methoxy groups -OCH3 is 1. The van der Waals surface area contributed by atoms with Gasteiger partial charge in [0.25, 0.3) is 0 Å². The Bertz CT molecular complexity index is 687. The summed E-state index contributed by atoms with van der Waals surface area (Å²) < 4.78 is 29.4. The predicted molar refractivity (Wildman–Crippen MR) is 112 cm³/mol. The average molecular weight is 391 g/mol. The van der Waals surface area contributed by atoms with Gasteiger partial charge in [-0.3, -0.25) is 4.57 Å². The van der Waals surface area contributed by atoms with Gasteiger partial charge in [0, 0.05) is 13.7 Å². The highest BCUT2D eigenvalue weighted by molar-refractivity contribution is 7.73. The van der Waals surface area contributed by atoms with Crippen LogP contribution in [-0.4, -0.2) is 41.1 Å². The van der Waals surface area contributed by atoms with Gasteiger partial charge in [-0.2, -0.15) is 0 Å². The van der Waals surface area contributed by atoms with E-state index in [4.69, 9.17) is 13.8 Å². The molecule has 1 unspecified atom stereocenters. The summed E-state index contributed by atoms with van der Waals surface area (Å²) in [6.45, 7) is 4.45. The summed E-state index contributed by atoms with van der Waals surface area (Å²) in [4.78, 5) is 0. The molecule has 7 heteroatoms. The van der Waals surface area contributed by atoms with Crippen molar-refractivity contribution in [3.63, 3.8) is 0 Å². The molecule has 0 aromatic heterocycles. The van der Waals surface area contributed by atoms with Crippen LogP contribution in [0.15, 0.2) is 54.6 Å². The Labute approximate surface area is 160 Å². The molecular formula is C19H26BO4P2. The Morgan fingerprint density at radius 3 is 2.08 bits per heavy atom. The second-order valence-corrected chi connectivity index (χ2v) is 9.82. The van der Waals surface area contributed by atoms with E-state index in [1.165, 1.54) is 5.30 Å². The van der Waals surface area contributed by atoms with Gasteiger partial charge < -0.3 is 13.8 Å². The van der Waals surface area contributed by atoms with E-state index in [9.17, 15) is 4.57 Å². The summed E-state index contributed by atoms with van der Waals surface area (Å²) in [6, 6.07) is 18.3. The van der Waals surface area contributed by atoms with Crippen molar-refractivity contribution in [3.8, 4) is 5.75 Å². The molecule has 1 atom stereocenters. The molecular weight excluding hydrogens is 365 g/mol. The highest BCUT2D eigenvalue weighted by Crippen LogP contribution is 2.51. The molecule has 0 aliphatic carbocycles. The number of para-hydroxylation sites is 1. The van der Waals surface area contributed by atoms with Crippen LogP contribution in [-0.2, 0) is 13.6 Å². The molecule has 0 aliphatic heterocycles. The summed E-state index contributed by atoms with van der Waals surface area (Å²) >= 11 is 0. The smallest absolute Gasteiger partial charge is 0.331 e. The number of hydrogen-bond acceptors (Lipinski definition) is 4. The molecule has 0 bridgehead atoms. The molecule has 0 saturated heterocycles. The second-order valence-electron chi connectivity index (χ2n) is 5.33. The fourth-order valence-electron chi connectivity index (χ4n) is 2.63. The molecule has 0 aliphatic rings. The van der Waals surface area contributed by atoms with Crippen LogP contribution in [0.4, 0.5) is 0 Å². The molecule has 0 heterocycles. The van der Waals surface area contributed by atoms with Gasteiger partial charge in [0.15, 0.2) is 0 Å². The SMILES string of the molecule is CCOP(=O)(CCP(c1ccccc1)c1ccccc1OC)OCC.[B]. The van der Waals surface area contributed by atoms with Crippen LogP contribution in [0.25, 0.3) is 0 Å². The topological polar surface area (TPSA) is 44.8 Å². The summed E-state index contributed by atoms with van der Waals surface area (Å²) in [5, 5.41) is 2.37. The summed E-state index contributed by atoms with van der Waals surface area (Å²) in [5.74, 6) is 0.861. The standard InChI is InChI=1S/C19H26O4P2.B/c1-4-22-25(20,23-5-2)16-15-24(17-11-7-6-8-12-17)19-14-10-9-13-18(19)21-3;/h6-14H,4-5,15-16H2,1-3H3;. The van der Waals surface area contributed by atoms with Crippen molar-refractivity contribution in [2.45, 2.75) is 13.8 Å². The van der Waals surface area contributed by atoms with E-state index >= 15 is 0 Å². The maximum atomic E-state index is 12.9. The van der Waals surface area contributed by atoms with Crippen LogP contribution in [0.3, 0.4) is 0 Å². The Balaban J connectivity index is 0.00000338. The predicted octanol–water partition coefficient (Wildman–Crippen LogP) is 4.01. The molecule has 2 aromatic carbocycles. The van der Waals surface area contributed by atoms with Gasteiger partial charge >= 0.3 is 7.60 Å². The monoisotopic (exact) mass is 391 g/mol. The van der Waals surface area contributed by atoms with Crippen LogP contribution >= 0.6 is 15.5 Å². The van der Waals surface area contributed by atoms with Crippen LogP contribution in [0, 0.1) is 0 Å². The first kappa shape index (κ1) is 22.9. The van der Waals surface area contributed by atoms with Gasteiger partial charge in [0.05, 0.1) is 26.5 Å². The van der Waals surface area contributed by atoms with Gasteiger partial charge in [-0.1, -0.05) is 48.5 Å².